The van der Waals surface area contributed by atoms with E-state index in [1.807, 2.05) is 0 Å². The number of hydrogen-bond acceptors (Lipinski definition) is 2. The van der Waals surface area contributed by atoms with Crippen molar-refractivity contribution < 1.29 is 4.79 Å². The first-order valence-electron chi connectivity index (χ1n) is 4.94. The number of rotatable bonds is 3. The molecule has 2 atom stereocenters. The quantitative estimate of drug-likeness (QED) is 0.706. The predicted octanol–water partition coefficient (Wildman–Crippen LogP) is 1.20. The third-order valence-electron chi connectivity index (χ3n) is 3.16. The lowest BCUT2D eigenvalue weighted by Crippen LogP contribution is -2.33. The number of carbonyl (C=O) groups excluding carboxylic acids is 1. The van der Waals surface area contributed by atoms with Crippen LogP contribution in [0, 0.1) is 22.7 Å². The van der Waals surface area contributed by atoms with Crippen LogP contribution in [-0.2, 0) is 4.79 Å². The van der Waals surface area contributed by atoms with Crippen LogP contribution in [-0.4, -0.2) is 11.9 Å². The lowest BCUT2D eigenvalue weighted by atomic mass is 10.1. The molecule has 13 heavy (non-hydrogen) atoms. The topological polar surface area (TPSA) is 52.9 Å². The average molecular weight is 178 g/mol. The predicted molar refractivity (Wildman–Crippen MR) is 47.6 cm³/mol. The largest absolute Gasteiger partial charge is 0.352 e. The van der Waals surface area contributed by atoms with Crippen LogP contribution in [0.5, 0.6) is 0 Å². The standard InChI is InChI=1S/C10H14N2O/c1-2-7-5-8(7)12-9(13)10(6-11)3-4-10/h7-8H,2-5H2,1H3,(H,12,13). The minimum Gasteiger partial charge on any atom is -0.352 e. The van der Waals surface area contributed by atoms with Crippen LogP contribution in [0.1, 0.15) is 32.6 Å². The van der Waals surface area contributed by atoms with Gasteiger partial charge in [0.2, 0.25) is 5.91 Å². The van der Waals surface area contributed by atoms with Gasteiger partial charge in [-0.15, -0.1) is 0 Å². The molecule has 3 nitrogen and oxygen atoms in total. The molecule has 1 amide bonds. The summed E-state index contributed by atoms with van der Waals surface area (Å²) in [6.45, 7) is 2.13. The molecule has 0 bridgehead atoms. The van der Waals surface area contributed by atoms with Gasteiger partial charge in [-0.05, 0) is 25.2 Å². The van der Waals surface area contributed by atoms with Crippen molar-refractivity contribution >= 4 is 5.91 Å². The van der Waals surface area contributed by atoms with E-state index in [2.05, 4.69) is 18.3 Å². The van der Waals surface area contributed by atoms with Crippen LogP contribution in [0.25, 0.3) is 0 Å². The molecule has 2 unspecified atom stereocenters. The lowest BCUT2D eigenvalue weighted by molar-refractivity contribution is -0.124. The van der Waals surface area contributed by atoms with E-state index in [1.54, 1.807) is 0 Å². The van der Waals surface area contributed by atoms with Gasteiger partial charge in [0.25, 0.3) is 0 Å². The van der Waals surface area contributed by atoms with E-state index >= 15 is 0 Å². The zero-order chi connectivity index (χ0) is 9.47. The van der Waals surface area contributed by atoms with Gasteiger partial charge in [-0.1, -0.05) is 13.3 Å². The first kappa shape index (κ1) is 8.55. The molecule has 70 valence electrons. The Bertz CT molecular complexity index is 275. The maximum atomic E-state index is 11.5. The van der Waals surface area contributed by atoms with Crippen molar-refractivity contribution in [2.45, 2.75) is 38.6 Å². The Balaban J connectivity index is 1.84. The average Bonchev–Trinajstić information content (AvgIpc) is 3.00. The van der Waals surface area contributed by atoms with E-state index in [1.165, 1.54) is 0 Å². The first-order chi connectivity index (χ1) is 6.22. The van der Waals surface area contributed by atoms with Crippen molar-refractivity contribution in [2.75, 3.05) is 0 Å². The van der Waals surface area contributed by atoms with Gasteiger partial charge in [0.15, 0.2) is 0 Å². The second-order valence-corrected chi connectivity index (χ2v) is 4.18. The molecular formula is C10H14N2O. The van der Waals surface area contributed by atoms with E-state index in [-0.39, 0.29) is 5.91 Å². The Morgan fingerprint density at radius 3 is 2.77 bits per heavy atom. The van der Waals surface area contributed by atoms with Crippen molar-refractivity contribution in [3.63, 3.8) is 0 Å². The summed E-state index contributed by atoms with van der Waals surface area (Å²) in [6.07, 6.45) is 3.73. The summed E-state index contributed by atoms with van der Waals surface area (Å²) >= 11 is 0. The van der Waals surface area contributed by atoms with E-state index in [0.29, 0.717) is 12.0 Å². The van der Waals surface area contributed by atoms with Gasteiger partial charge in [-0.3, -0.25) is 4.79 Å². The molecule has 2 fully saturated rings. The zero-order valence-electron chi connectivity index (χ0n) is 7.84. The zero-order valence-corrected chi connectivity index (χ0v) is 7.84. The summed E-state index contributed by atoms with van der Waals surface area (Å²) in [7, 11) is 0. The maximum absolute atomic E-state index is 11.5. The Labute approximate surface area is 78.1 Å². The highest BCUT2D eigenvalue weighted by molar-refractivity contribution is 5.88. The number of nitriles is 1. The van der Waals surface area contributed by atoms with E-state index in [4.69, 9.17) is 5.26 Å². The van der Waals surface area contributed by atoms with Crippen molar-refractivity contribution in [3.05, 3.63) is 0 Å². The Morgan fingerprint density at radius 1 is 1.69 bits per heavy atom. The molecule has 0 aromatic carbocycles. The Kier molecular flexibility index (Phi) is 1.80. The van der Waals surface area contributed by atoms with Crippen LogP contribution in [0.15, 0.2) is 0 Å². The fourth-order valence-corrected chi connectivity index (χ4v) is 1.70. The normalized spacial score (nSPS) is 33.2. The molecule has 0 heterocycles. The third kappa shape index (κ3) is 1.41. The molecule has 0 aromatic heterocycles. The molecule has 2 rings (SSSR count). The second-order valence-electron chi connectivity index (χ2n) is 4.18. The summed E-state index contributed by atoms with van der Waals surface area (Å²) in [5, 5.41) is 11.7. The molecule has 0 saturated heterocycles. The number of amides is 1. The molecule has 2 aliphatic rings. The molecule has 0 spiro atoms. The molecule has 1 N–H and O–H groups in total. The highest BCUT2D eigenvalue weighted by Gasteiger charge is 2.52. The summed E-state index contributed by atoms with van der Waals surface area (Å²) in [4.78, 5) is 11.5. The third-order valence-corrected chi connectivity index (χ3v) is 3.16. The molecule has 2 aliphatic carbocycles. The van der Waals surface area contributed by atoms with Crippen molar-refractivity contribution in [1.29, 1.82) is 5.26 Å². The maximum Gasteiger partial charge on any atom is 0.240 e. The van der Waals surface area contributed by atoms with Crippen molar-refractivity contribution in [2.24, 2.45) is 11.3 Å². The number of carbonyl (C=O) groups is 1. The van der Waals surface area contributed by atoms with Crippen LogP contribution < -0.4 is 5.32 Å². The minimum absolute atomic E-state index is 0.0315. The molecule has 2 saturated carbocycles. The smallest absolute Gasteiger partial charge is 0.240 e. The van der Waals surface area contributed by atoms with Crippen molar-refractivity contribution in [3.8, 4) is 6.07 Å². The Hall–Kier alpha value is -1.04. The summed E-state index contributed by atoms with van der Waals surface area (Å²) < 4.78 is 0. The van der Waals surface area contributed by atoms with Crippen LogP contribution in [0.3, 0.4) is 0 Å². The summed E-state index contributed by atoms with van der Waals surface area (Å²) in [5.74, 6) is 0.634. The van der Waals surface area contributed by atoms with E-state index in [9.17, 15) is 4.79 Å². The highest BCUT2D eigenvalue weighted by Crippen LogP contribution is 2.46. The lowest BCUT2D eigenvalue weighted by Gasteiger charge is -2.06. The molecule has 3 heteroatoms. The first-order valence-corrected chi connectivity index (χ1v) is 4.94. The molecule has 0 aromatic rings. The number of nitrogens with zero attached hydrogens (tertiary/aromatic N) is 1. The van der Waals surface area contributed by atoms with Gasteiger partial charge in [-0.2, -0.15) is 5.26 Å². The van der Waals surface area contributed by atoms with Gasteiger partial charge in [-0.25, -0.2) is 0 Å². The van der Waals surface area contributed by atoms with Gasteiger partial charge >= 0.3 is 0 Å². The van der Waals surface area contributed by atoms with Gasteiger partial charge in [0.1, 0.15) is 5.41 Å². The summed E-state index contributed by atoms with van der Waals surface area (Å²) in [5.41, 5.74) is -0.638. The van der Waals surface area contributed by atoms with E-state index in [0.717, 1.165) is 25.7 Å². The molecule has 0 radical (unpaired) electrons. The Morgan fingerprint density at radius 2 is 2.38 bits per heavy atom. The number of nitrogens with one attached hydrogen (secondary N) is 1. The SMILES string of the molecule is CCC1CC1NC(=O)C1(C#N)CC1. The van der Waals surface area contributed by atoms with Gasteiger partial charge in [0, 0.05) is 6.04 Å². The highest BCUT2D eigenvalue weighted by atomic mass is 16.2. The minimum atomic E-state index is -0.638. The fraction of sp³-hybridized carbons (Fsp3) is 0.800. The van der Waals surface area contributed by atoms with Crippen molar-refractivity contribution in [1.82, 2.24) is 5.32 Å². The van der Waals surface area contributed by atoms with Crippen LogP contribution in [0.4, 0.5) is 0 Å². The molecular weight excluding hydrogens is 164 g/mol. The van der Waals surface area contributed by atoms with Gasteiger partial charge in [0.05, 0.1) is 6.07 Å². The van der Waals surface area contributed by atoms with E-state index < -0.39 is 5.41 Å². The number of hydrogen-bond donors (Lipinski definition) is 1. The fourth-order valence-electron chi connectivity index (χ4n) is 1.70. The summed E-state index contributed by atoms with van der Waals surface area (Å²) in [6, 6.07) is 2.47. The second kappa shape index (κ2) is 2.73. The van der Waals surface area contributed by atoms with Crippen LogP contribution >= 0.6 is 0 Å². The van der Waals surface area contributed by atoms with Crippen LogP contribution in [0.2, 0.25) is 0 Å². The molecule has 0 aliphatic heterocycles. The van der Waals surface area contributed by atoms with Gasteiger partial charge < -0.3 is 5.32 Å². The monoisotopic (exact) mass is 178 g/mol.